The smallest absolute Gasteiger partial charge is 0.303 e. The Hall–Kier alpha value is -1.73. The Morgan fingerprint density at radius 2 is 1.68 bits per heavy atom. The molecule has 1 aromatic carbocycles. The lowest BCUT2D eigenvalue weighted by Gasteiger charge is -2.14. The van der Waals surface area contributed by atoms with Crippen molar-refractivity contribution in [2.75, 3.05) is 6.54 Å². The van der Waals surface area contributed by atoms with Gasteiger partial charge in [-0.15, -0.1) is 0 Å². The number of unbranched alkanes of at least 4 members (excludes halogenated alkanes) is 7. The van der Waals surface area contributed by atoms with Crippen molar-refractivity contribution in [1.82, 2.24) is 4.90 Å². The van der Waals surface area contributed by atoms with E-state index >= 15 is 0 Å². The molecule has 1 N–H and O–H groups in total. The lowest BCUT2D eigenvalue weighted by atomic mass is 10.1. The van der Waals surface area contributed by atoms with Crippen molar-refractivity contribution in [3.8, 4) is 0 Å². The zero-order valence-corrected chi connectivity index (χ0v) is 17.5. The number of carboxylic acids is 1. The van der Waals surface area contributed by atoms with Crippen LogP contribution in [0.5, 0.6) is 0 Å². The molecule has 1 saturated heterocycles. The molecular weight excluding hydrogens is 397 g/mol. The summed E-state index contributed by atoms with van der Waals surface area (Å²) in [6.07, 6.45) is 9.87. The van der Waals surface area contributed by atoms with Gasteiger partial charge in [-0.05, 0) is 25.0 Å². The molecule has 2 rings (SSSR count). The Labute approximate surface area is 175 Å². The predicted molar refractivity (Wildman–Crippen MR) is 115 cm³/mol. The number of thiocarbonyl (C=S) groups is 1. The van der Waals surface area contributed by atoms with Gasteiger partial charge in [0.2, 0.25) is 0 Å². The summed E-state index contributed by atoms with van der Waals surface area (Å²) in [6, 6.07) is 6.37. The van der Waals surface area contributed by atoms with Crippen LogP contribution in [0.4, 0.5) is 4.39 Å². The van der Waals surface area contributed by atoms with Crippen LogP contribution in [0.15, 0.2) is 29.2 Å². The van der Waals surface area contributed by atoms with Gasteiger partial charge in [0, 0.05) is 18.5 Å². The number of carbonyl (C=O) groups is 2. The van der Waals surface area contributed by atoms with E-state index in [2.05, 4.69) is 0 Å². The highest BCUT2D eigenvalue weighted by Gasteiger charge is 2.31. The largest absolute Gasteiger partial charge is 0.481 e. The number of hydrogen-bond donors (Lipinski definition) is 1. The number of rotatable bonds is 12. The molecule has 4 nitrogen and oxygen atoms in total. The summed E-state index contributed by atoms with van der Waals surface area (Å²) in [7, 11) is 0. The normalized spacial score (nSPS) is 15.6. The van der Waals surface area contributed by atoms with Gasteiger partial charge in [-0.2, -0.15) is 0 Å². The first-order valence-electron chi connectivity index (χ1n) is 9.70. The van der Waals surface area contributed by atoms with E-state index in [0.717, 1.165) is 51.4 Å². The molecule has 1 aliphatic heterocycles. The molecule has 0 spiro atoms. The third kappa shape index (κ3) is 7.36. The second-order valence-electron chi connectivity index (χ2n) is 6.83. The Bertz CT molecular complexity index is 736. The van der Waals surface area contributed by atoms with Crippen LogP contribution in [0.25, 0.3) is 6.08 Å². The van der Waals surface area contributed by atoms with Gasteiger partial charge in [0.25, 0.3) is 5.91 Å². The van der Waals surface area contributed by atoms with Crippen LogP contribution < -0.4 is 0 Å². The average molecular weight is 424 g/mol. The van der Waals surface area contributed by atoms with Gasteiger partial charge in [0.1, 0.15) is 10.1 Å². The number of thioether (sulfide) groups is 1. The molecule has 0 aromatic heterocycles. The molecule has 152 valence electrons. The topological polar surface area (TPSA) is 57.6 Å². The molecule has 1 aromatic rings. The summed E-state index contributed by atoms with van der Waals surface area (Å²) < 4.78 is 14.3. The first kappa shape index (κ1) is 22.6. The lowest BCUT2D eigenvalue weighted by molar-refractivity contribution is -0.137. The van der Waals surface area contributed by atoms with Crippen molar-refractivity contribution < 1.29 is 19.1 Å². The minimum Gasteiger partial charge on any atom is -0.481 e. The zero-order chi connectivity index (χ0) is 20.4. The van der Waals surface area contributed by atoms with Crippen LogP contribution in [0.3, 0.4) is 0 Å². The number of halogens is 1. The number of benzene rings is 1. The maximum Gasteiger partial charge on any atom is 0.303 e. The molecule has 7 heteroatoms. The first-order valence-corrected chi connectivity index (χ1v) is 10.9. The molecule has 1 amide bonds. The maximum absolute atomic E-state index is 13.8. The average Bonchev–Trinajstić information content (AvgIpc) is 2.92. The van der Waals surface area contributed by atoms with Crippen molar-refractivity contribution in [2.24, 2.45) is 0 Å². The molecule has 1 heterocycles. The van der Waals surface area contributed by atoms with Crippen LogP contribution in [0.1, 0.15) is 63.4 Å². The van der Waals surface area contributed by atoms with E-state index in [9.17, 15) is 14.0 Å². The molecule has 0 saturated carbocycles. The standard InChI is InChI=1S/C21H26FNO3S2/c22-17-12-9-8-11-16(17)15-18-20(26)23(21(27)28-18)14-10-6-4-2-1-3-5-7-13-19(24)25/h8-9,11-12,15H,1-7,10,13-14H2,(H,24,25). The minimum atomic E-state index is -0.723. The number of hydrogen-bond acceptors (Lipinski definition) is 4. The Morgan fingerprint density at radius 1 is 1.07 bits per heavy atom. The fourth-order valence-corrected chi connectivity index (χ4v) is 4.33. The van der Waals surface area contributed by atoms with Crippen LogP contribution in [0, 0.1) is 5.82 Å². The van der Waals surface area contributed by atoms with E-state index in [1.807, 2.05) is 0 Å². The first-order chi connectivity index (χ1) is 13.5. The van der Waals surface area contributed by atoms with Gasteiger partial charge < -0.3 is 5.11 Å². The third-order valence-electron chi connectivity index (χ3n) is 4.59. The predicted octanol–water partition coefficient (Wildman–Crippen LogP) is 5.62. The van der Waals surface area contributed by atoms with E-state index in [1.165, 1.54) is 17.8 Å². The maximum atomic E-state index is 13.8. The summed E-state index contributed by atoms with van der Waals surface area (Å²) in [4.78, 5) is 25.0. The third-order valence-corrected chi connectivity index (χ3v) is 5.97. The molecule has 1 fully saturated rings. The van der Waals surface area contributed by atoms with Crippen LogP contribution >= 0.6 is 24.0 Å². The van der Waals surface area contributed by atoms with Gasteiger partial charge in [-0.25, -0.2) is 4.39 Å². The van der Waals surface area contributed by atoms with Crippen molar-refractivity contribution in [2.45, 2.75) is 57.8 Å². The van der Waals surface area contributed by atoms with Gasteiger partial charge in [0.05, 0.1) is 4.91 Å². The van der Waals surface area contributed by atoms with E-state index in [-0.39, 0.29) is 18.1 Å². The van der Waals surface area contributed by atoms with Crippen molar-refractivity contribution in [1.29, 1.82) is 0 Å². The fraction of sp³-hybridized carbons (Fsp3) is 0.476. The summed E-state index contributed by atoms with van der Waals surface area (Å²) in [5, 5.41) is 8.58. The molecule has 1 aliphatic rings. The van der Waals surface area contributed by atoms with Crippen molar-refractivity contribution in [3.05, 3.63) is 40.6 Å². The molecule has 0 radical (unpaired) electrons. The number of nitrogens with zero attached hydrogens (tertiary/aromatic N) is 1. The number of carboxylic acid groups (broad SMARTS) is 1. The molecule has 28 heavy (non-hydrogen) atoms. The van der Waals surface area contributed by atoms with Gasteiger partial charge in [0.15, 0.2) is 0 Å². The van der Waals surface area contributed by atoms with Crippen molar-refractivity contribution in [3.63, 3.8) is 0 Å². The minimum absolute atomic E-state index is 0.142. The molecule has 0 aliphatic carbocycles. The fourth-order valence-electron chi connectivity index (χ4n) is 3.03. The highest BCUT2D eigenvalue weighted by atomic mass is 32.2. The lowest BCUT2D eigenvalue weighted by Crippen LogP contribution is -2.29. The summed E-state index contributed by atoms with van der Waals surface area (Å²) in [5.41, 5.74) is 0.395. The van der Waals surface area contributed by atoms with Gasteiger partial charge in [-0.3, -0.25) is 14.5 Å². The highest BCUT2D eigenvalue weighted by Crippen LogP contribution is 2.33. The second-order valence-corrected chi connectivity index (χ2v) is 8.50. The van der Waals surface area contributed by atoms with Crippen molar-refractivity contribution >= 4 is 46.3 Å². The monoisotopic (exact) mass is 423 g/mol. The van der Waals surface area contributed by atoms with E-state index in [4.69, 9.17) is 17.3 Å². The van der Waals surface area contributed by atoms with E-state index in [0.29, 0.717) is 21.3 Å². The van der Waals surface area contributed by atoms with E-state index in [1.54, 1.807) is 29.2 Å². The number of amides is 1. The van der Waals surface area contributed by atoms with Crippen LogP contribution in [0.2, 0.25) is 0 Å². The zero-order valence-electron chi connectivity index (χ0n) is 15.9. The highest BCUT2D eigenvalue weighted by molar-refractivity contribution is 8.26. The SMILES string of the molecule is O=C(O)CCCCCCCCCCN1C(=O)C(=Cc2ccccc2F)SC1=S. The summed E-state index contributed by atoms with van der Waals surface area (Å²) in [5.74, 6) is -1.22. The molecule has 0 bridgehead atoms. The van der Waals surface area contributed by atoms with Crippen LogP contribution in [-0.4, -0.2) is 32.7 Å². The molecule has 0 atom stereocenters. The number of aliphatic carboxylic acids is 1. The van der Waals surface area contributed by atoms with Crippen LogP contribution in [-0.2, 0) is 9.59 Å². The Kier molecular flexibility index (Phi) is 9.64. The molecular formula is C21H26FNO3S2. The van der Waals surface area contributed by atoms with Gasteiger partial charge >= 0.3 is 5.97 Å². The van der Waals surface area contributed by atoms with E-state index < -0.39 is 5.97 Å². The Morgan fingerprint density at radius 3 is 2.32 bits per heavy atom. The quantitative estimate of drug-likeness (QED) is 0.268. The summed E-state index contributed by atoms with van der Waals surface area (Å²) in [6.45, 7) is 0.595. The van der Waals surface area contributed by atoms with Gasteiger partial charge in [-0.1, -0.05) is 80.7 Å². The summed E-state index contributed by atoms with van der Waals surface area (Å²) >= 11 is 6.54. The number of carbonyl (C=O) groups excluding carboxylic acids is 1. The second kappa shape index (κ2) is 12.0. The molecule has 0 unspecified atom stereocenters. The Balaban J connectivity index is 1.65.